The highest BCUT2D eigenvalue weighted by molar-refractivity contribution is 7.90. The highest BCUT2D eigenvalue weighted by Crippen LogP contribution is 2.41. The van der Waals surface area contributed by atoms with E-state index in [0.717, 1.165) is 83.7 Å². The lowest BCUT2D eigenvalue weighted by Gasteiger charge is -2.10. The molecule has 348 valence electrons. The number of rotatable bonds is 13. The summed E-state index contributed by atoms with van der Waals surface area (Å²) in [5.41, 5.74) is 3.49. The van der Waals surface area contributed by atoms with Crippen LogP contribution in [0, 0.1) is 31.9 Å². The number of methoxy groups -OCH3 is 2. The van der Waals surface area contributed by atoms with Gasteiger partial charge in [-0.3, -0.25) is 34.4 Å². The number of ether oxygens (including phenoxy) is 2. The van der Waals surface area contributed by atoms with Crippen molar-refractivity contribution in [3.63, 3.8) is 0 Å². The van der Waals surface area contributed by atoms with Gasteiger partial charge in [0.25, 0.3) is 0 Å². The molecule has 2 aliphatic rings. The van der Waals surface area contributed by atoms with Crippen LogP contribution in [0.3, 0.4) is 0 Å². The molecule has 4 aromatic heterocycles. The van der Waals surface area contributed by atoms with Gasteiger partial charge in [0.05, 0.1) is 69.9 Å². The second kappa shape index (κ2) is 19.1. The van der Waals surface area contributed by atoms with Gasteiger partial charge in [-0.1, -0.05) is 36.4 Å². The number of fused-ring (bicyclic) bond motifs is 2. The number of nitrogens with one attached hydrogen (secondary N) is 2. The molecule has 4 heterocycles. The van der Waals surface area contributed by atoms with Gasteiger partial charge in [-0.25, -0.2) is 28.4 Å². The van der Waals surface area contributed by atoms with Crippen LogP contribution >= 0.6 is 0 Å². The van der Waals surface area contributed by atoms with E-state index >= 15 is 0 Å². The van der Waals surface area contributed by atoms with Crippen LogP contribution in [0.1, 0.15) is 37.8 Å². The van der Waals surface area contributed by atoms with Gasteiger partial charge >= 0.3 is 11.4 Å². The summed E-state index contributed by atoms with van der Waals surface area (Å²) in [6.07, 6.45) is 8.92. The Morgan fingerprint density at radius 2 is 1.18 bits per heavy atom. The third-order valence-electron chi connectivity index (χ3n) is 10.5. The van der Waals surface area contributed by atoms with Gasteiger partial charge < -0.3 is 20.1 Å². The third-order valence-corrected chi connectivity index (χ3v) is 11.4. The Morgan fingerprint density at radius 1 is 0.706 bits per heavy atom. The number of aromatic nitrogens is 8. The molecule has 68 heavy (non-hydrogen) atoms. The van der Waals surface area contributed by atoms with Crippen molar-refractivity contribution in [2.45, 2.75) is 42.9 Å². The van der Waals surface area contributed by atoms with Gasteiger partial charge in [0.1, 0.15) is 22.9 Å². The van der Waals surface area contributed by atoms with Gasteiger partial charge in [-0.2, -0.15) is 19.0 Å². The standard InChI is InChI=1S/C21H17FN6O3.C15H14N4O2S.C8H7FN2O4/c1-31-19-10-14(22)18(28(29)30)11-16(19)25-21-23-9-8-15(24-21)20-13-4-2-3-5-17(13)27(26-20)12-6-7-12;1-22(20,21)15-16-9-8-12(17-15)14-11-4-2-3-5-13(11)19(18-14)10-6-7-10;1-15-8-2-5(9)7(11(13)14)3-6(8)10-4-12/h2-5,8-12H,6-7H2,1H3,(H,23,24,25);2-5,8-10H,6-7H2,1H3;2-4H,1H3,(H,10,12). The molecule has 0 aliphatic heterocycles. The molecule has 10 rings (SSSR count). The normalized spacial score (nSPS) is 13.1. The molecular weight excluding hydrogens is 911 g/mol. The van der Waals surface area contributed by atoms with Gasteiger partial charge in [0, 0.05) is 53.7 Å². The Morgan fingerprint density at radius 3 is 1.65 bits per heavy atom. The Balaban J connectivity index is 0.000000148. The molecule has 8 aromatic rings. The first-order chi connectivity index (χ1) is 32.7. The molecule has 0 bridgehead atoms. The van der Waals surface area contributed by atoms with Gasteiger partial charge in [0.15, 0.2) is 0 Å². The zero-order valence-corrected chi connectivity index (χ0v) is 36.9. The van der Waals surface area contributed by atoms with Crippen molar-refractivity contribution in [1.29, 1.82) is 0 Å². The van der Waals surface area contributed by atoms with Crippen LogP contribution in [0.4, 0.5) is 37.5 Å². The predicted molar refractivity (Wildman–Crippen MR) is 243 cm³/mol. The van der Waals surface area contributed by atoms with Gasteiger partial charge in [0.2, 0.25) is 39.0 Å². The topological polar surface area (TPSA) is 267 Å². The fourth-order valence-corrected chi connectivity index (χ4v) is 7.57. The lowest BCUT2D eigenvalue weighted by Crippen LogP contribution is -2.04. The van der Waals surface area contributed by atoms with Crippen LogP contribution in [0.2, 0.25) is 0 Å². The fourth-order valence-electron chi connectivity index (χ4n) is 7.05. The van der Waals surface area contributed by atoms with Crippen LogP contribution in [0.25, 0.3) is 44.6 Å². The molecule has 1 amide bonds. The molecule has 0 saturated heterocycles. The van der Waals surface area contributed by atoms with Crippen molar-refractivity contribution in [2.24, 2.45) is 0 Å². The number of nitro benzene ring substituents is 2. The van der Waals surface area contributed by atoms with Crippen LogP contribution in [-0.2, 0) is 14.6 Å². The first-order valence-electron chi connectivity index (χ1n) is 20.5. The van der Waals surface area contributed by atoms with E-state index in [1.54, 1.807) is 18.3 Å². The number of carbonyl (C=O) groups is 1. The molecule has 2 aliphatic carbocycles. The van der Waals surface area contributed by atoms with Crippen LogP contribution in [-0.4, -0.2) is 84.6 Å². The zero-order chi connectivity index (χ0) is 48.3. The predicted octanol–water partition coefficient (Wildman–Crippen LogP) is 8.17. The summed E-state index contributed by atoms with van der Waals surface area (Å²) in [5, 5.41) is 37.8. The van der Waals surface area contributed by atoms with Crippen molar-refractivity contribution in [2.75, 3.05) is 31.1 Å². The smallest absolute Gasteiger partial charge is 0.307 e. The lowest BCUT2D eigenvalue weighted by atomic mass is 10.1. The Labute approximate surface area is 384 Å². The van der Waals surface area contributed by atoms with E-state index in [-0.39, 0.29) is 34.0 Å². The van der Waals surface area contributed by atoms with Crippen LogP contribution < -0.4 is 20.1 Å². The summed E-state index contributed by atoms with van der Waals surface area (Å²) in [5.74, 6) is -1.71. The average Bonchev–Trinajstić information content (AvgIpc) is 4.28. The number of amides is 1. The fraction of sp³-hybridized carbons (Fsp3) is 0.205. The van der Waals surface area contributed by atoms with Crippen LogP contribution in [0.15, 0.2) is 102 Å². The number of benzene rings is 4. The molecule has 2 N–H and O–H groups in total. The summed E-state index contributed by atoms with van der Waals surface area (Å²) in [6.45, 7) is 0. The van der Waals surface area contributed by atoms with Gasteiger partial charge in [-0.05, 0) is 49.9 Å². The zero-order valence-electron chi connectivity index (χ0n) is 36.1. The highest BCUT2D eigenvalue weighted by atomic mass is 32.2. The highest BCUT2D eigenvalue weighted by Gasteiger charge is 2.29. The Bertz CT molecular complexity index is 3360. The molecule has 0 spiro atoms. The van der Waals surface area contributed by atoms with E-state index in [2.05, 4.69) is 35.7 Å². The number of hydrogen-bond donors (Lipinski definition) is 2. The Hall–Kier alpha value is -8.54. The van der Waals surface area contributed by atoms with Crippen molar-refractivity contribution < 1.29 is 41.3 Å². The molecule has 24 heteroatoms. The number of para-hydroxylation sites is 2. The Kier molecular flexibility index (Phi) is 12.9. The molecule has 4 aromatic carbocycles. The van der Waals surface area contributed by atoms with Crippen molar-refractivity contribution >= 4 is 66.8 Å². The van der Waals surface area contributed by atoms with Gasteiger partial charge in [-0.15, -0.1) is 0 Å². The van der Waals surface area contributed by atoms with E-state index in [1.807, 2.05) is 57.9 Å². The minimum Gasteiger partial charge on any atom is -0.494 e. The van der Waals surface area contributed by atoms with E-state index in [9.17, 15) is 42.2 Å². The van der Waals surface area contributed by atoms with E-state index in [0.29, 0.717) is 35.6 Å². The monoisotopic (exact) mass is 948 g/mol. The maximum atomic E-state index is 13.9. The molecule has 2 fully saturated rings. The summed E-state index contributed by atoms with van der Waals surface area (Å²) in [4.78, 5) is 46.7. The number of hydrogen-bond acceptors (Lipinski definition) is 16. The number of halogens is 2. The number of nitro groups is 2. The van der Waals surface area contributed by atoms with Crippen molar-refractivity contribution in [3.8, 4) is 34.3 Å². The summed E-state index contributed by atoms with van der Waals surface area (Å²) < 4.78 is 64.2. The van der Waals surface area contributed by atoms with Crippen molar-refractivity contribution in [3.05, 3.63) is 129 Å². The molecule has 21 nitrogen and oxygen atoms in total. The van der Waals surface area contributed by atoms with E-state index in [1.165, 1.54) is 20.4 Å². The quantitative estimate of drug-likeness (QED) is 0.0477. The number of sulfone groups is 1. The van der Waals surface area contributed by atoms with Crippen molar-refractivity contribution in [1.82, 2.24) is 39.5 Å². The summed E-state index contributed by atoms with van der Waals surface area (Å²) in [6, 6.07) is 23.9. The largest absolute Gasteiger partial charge is 0.494 e. The lowest BCUT2D eigenvalue weighted by molar-refractivity contribution is -0.387. The number of carbonyl (C=O) groups excluding carboxylic acids is 1. The van der Waals surface area contributed by atoms with E-state index in [4.69, 9.17) is 14.6 Å². The number of anilines is 3. The summed E-state index contributed by atoms with van der Waals surface area (Å²) in [7, 11) is -0.833. The second-order valence-electron chi connectivity index (χ2n) is 15.3. The first kappa shape index (κ1) is 46.0. The first-order valence-corrected chi connectivity index (χ1v) is 22.4. The maximum absolute atomic E-state index is 13.9. The molecule has 0 unspecified atom stereocenters. The van der Waals surface area contributed by atoms with E-state index < -0.39 is 42.7 Å². The summed E-state index contributed by atoms with van der Waals surface area (Å²) >= 11 is 0. The SMILES string of the molecule is COc1cc(F)c([N+](=O)[O-])cc1NC=O.COc1cc(F)c([N+](=O)[O-])cc1Nc1nccc(-c2nn(C3CC3)c3ccccc23)n1.CS(=O)(=O)c1nccc(-c2nn(C3CC3)c3ccccc23)n1. The maximum Gasteiger partial charge on any atom is 0.307 e. The second-order valence-corrected chi connectivity index (χ2v) is 17.2. The minimum atomic E-state index is -3.44. The third kappa shape index (κ3) is 9.84. The average molecular weight is 949 g/mol. The molecule has 0 radical (unpaired) electrons. The molecule has 2 saturated carbocycles. The number of nitrogens with zero attached hydrogens (tertiary/aromatic N) is 10. The molecular formula is C44H38F2N12O9S. The van der Waals surface area contributed by atoms with Crippen LogP contribution in [0.5, 0.6) is 11.5 Å². The molecule has 0 atom stereocenters. The minimum absolute atomic E-state index is 0.0187.